The largest absolute Gasteiger partial charge is 0.374 e. The van der Waals surface area contributed by atoms with Crippen molar-refractivity contribution in [1.29, 1.82) is 0 Å². The van der Waals surface area contributed by atoms with Gasteiger partial charge in [-0.3, -0.25) is 4.79 Å². The first-order valence-corrected chi connectivity index (χ1v) is 9.67. The summed E-state index contributed by atoms with van der Waals surface area (Å²) in [4.78, 5) is 12.1. The highest BCUT2D eigenvalue weighted by molar-refractivity contribution is 6.35. The minimum atomic E-state index is -0.711. The first-order valence-electron chi connectivity index (χ1n) is 8.15. The van der Waals surface area contributed by atoms with Crippen LogP contribution in [0.25, 0.3) is 0 Å². The zero-order valence-corrected chi connectivity index (χ0v) is 17.1. The number of carbonyl (C=O) groups excluding carboxylic acids is 1. The molecule has 27 heavy (non-hydrogen) atoms. The minimum Gasteiger partial charge on any atom is -0.374 e. The van der Waals surface area contributed by atoms with Gasteiger partial charge in [-0.1, -0.05) is 58.5 Å². The summed E-state index contributed by atoms with van der Waals surface area (Å²) in [6.07, 6.45) is -1.20. The number of hydrogen-bond donors (Lipinski definition) is 0. The third-order valence-electron chi connectivity index (χ3n) is 4.08. The number of halogens is 4. The maximum atomic E-state index is 12.1. The molecule has 0 aromatic heterocycles. The number of hydrogen-bond acceptors (Lipinski definition) is 4. The van der Waals surface area contributed by atoms with Gasteiger partial charge in [0.25, 0.3) is 0 Å². The van der Waals surface area contributed by atoms with E-state index in [0.717, 1.165) is 11.1 Å². The third-order valence-corrected chi connectivity index (χ3v) is 5.26. The molecule has 2 aromatic rings. The molecule has 0 spiro atoms. The van der Waals surface area contributed by atoms with E-state index in [1.807, 2.05) is 0 Å². The van der Waals surface area contributed by atoms with E-state index in [1.165, 1.54) is 0 Å². The predicted octanol–water partition coefficient (Wildman–Crippen LogP) is 5.37. The van der Waals surface area contributed by atoms with Gasteiger partial charge in [-0.15, -0.1) is 0 Å². The standard InChI is InChI=1S/C19H16Cl4O4/c20-13-3-1-11(15(22)5-13)7-25-10-18-19(17(24)9-26-18)27-8-12-2-4-14(21)6-16(12)23/h1-6,18-19H,7-10H2/t18?,19-/m0/s1. The number of ether oxygens (including phenoxy) is 3. The highest BCUT2D eigenvalue weighted by Gasteiger charge is 2.37. The SMILES string of the molecule is O=C1COC(COCc2ccc(Cl)cc2Cl)[C@H]1OCc1ccc(Cl)cc1Cl. The van der Waals surface area contributed by atoms with Gasteiger partial charge in [0, 0.05) is 20.1 Å². The van der Waals surface area contributed by atoms with Gasteiger partial charge in [0.05, 0.1) is 19.8 Å². The summed E-state index contributed by atoms with van der Waals surface area (Å²) >= 11 is 24.0. The van der Waals surface area contributed by atoms with Gasteiger partial charge in [0.2, 0.25) is 0 Å². The van der Waals surface area contributed by atoms with Crippen molar-refractivity contribution in [2.45, 2.75) is 25.4 Å². The van der Waals surface area contributed by atoms with Crippen molar-refractivity contribution in [3.8, 4) is 0 Å². The summed E-state index contributed by atoms with van der Waals surface area (Å²) in [7, 11) is 0. The Labute approximate surface area is 177 Å². The molecule has 2 aromatic carbocycles. The van der Waals surface area contributed by atoms with Crippen LogP contribution in [-0.4, -0.2) is 31.2 Å². The smallest absolute Gasteiger partial charge is 0.189 e. The van der Waals surface area contributed by atoms with Gasteiger partial charge in [-0.05, 0) is 35.4 Å². The molecule has 4 nitrogen and oxygen atoms in total. The average molecular weight is 450 g/mol. The molecular formula is C19H16Cl4O4. The minimum absolute atomic E-state index is 0.00521. The van der Waals surface area contributed by atoms with E-state index in [-0.39, 0.29) is 32.2 Å². The fourth-order valence-corrected chi connectivity index (χ4v) is 3.57. The van der Waals surface area contributed by atoms with Crippen molar-refractivity contribution >= 4 is 52.2 Å². The summed E-state index contributed by atoms with van der Waals surface area (Å²) in [6, 6.07) is 10.3. The molecule has 0 amide bonds. The fourth-order valence-electron chi connectivity index (χ4n) is 2.64. The van der Waals surface area contributed by atoms with E-state index in [1.54, 1.807) is 36.4 Å². The summed E-state index contributed by atoms with van der Waals surface area (Å²) in [5, 5.41) is 2.11. The predicted molar refractivity (Wildman–Crippen MR) is 106 cm³/mol. The molecule has 144 valence electrons. The Morgan fingerprint density at radius 1 is 0.926 bits per heavy atom. The van der Waals surface area contributed by atoms with Crippen molar-refractivity contribution in [3.63, 3.8) is 0 Å². The number of benzene rings is 2. The Bertz CT molecular complexity index is 827. The van der Waals surface area contributed by atoms with Crippen LogP contribution >= 0.6 is 46.4 Å². The van der Waals surface area contributed by atoms with Gasteiger partial charge < -0.3 is 14.2 Å². The highest BCUT2D eigenvalue weighted by atomic mass is 35.5. The molecule has 0 N–H and O–H groups in total. The van der Waals surface area contributed by atoms with Crippen LogP contribution in [0.5, 0.6) is 0 Å². The molecule has 0 saturated carbocycles. The maximum Gasteiger partial charge on any atom is 0.189 e. The highest BCUT2D eigenvalue weighted by Crippen LogP contribution is 2.25. The zero-order chi connectivity index (χ0) is 19.4. The van der Waals surface area contributed by atoms with Gasteiger partial charge in [-0.2, -0.15) is 0 Å². The van der Waals surface area contributed by atoms with Crippen molar-refractivity contribution in [2.24, 2.45) is 0 Å². The molecule has 8 heteroatoms. The van der Waals surface area contributed by atoms with E-state index in [9.17, 15) is 4.79 Å². The molecule has 0 radical (unpaired) electrons. The van der Waals surface area contributed by atoms with Crippen molar-refractivity contribution in [2.75, 3.05) is 13.2 Å². The van der Waals surface area contributed by atoms with Crippen LogP contribution in [0.15, 0.2) is 36.4 Å². The molecule has 1 unspecified atom stereocenters. The lowest BCUT2D eigenvalue weighted by molar-refractivity contribution is -0.128. The fraction of sp³-hybridized carbons (Fsp3) is 0.316. The second-order valence-electron chi connectivity index (χ2n) is 6.03. The van der Waals surface area contributed by atoms with Crippen LogP contribution in [0.4, 0.5) is 0 Å². The molecule has 2 atom stereocenters. The monoisotopic (exact) mass is 448 g/mol. The van der Waals surface area contributed by atoms with E-state index < -0.39 is 12.2 Å². The lowest BCUT2D eigenvalue weighted by Crippen LogP contribution is -2.33. The van der Waals surface area contributed by atoms with Crippen LogP contribution in [0.3, 0.4) is 0 Å². The summed E-state index contributed by atoms with van der Waals surface area (Å²) in [5.74, 6) is -0.127. The molecule has 1 aliphatic rings. The third kappa shape index (κ3) is 5.58. The van der Waals surface area contributed by atoms with Gasteiger partial charge in [-0.25, -0.2) is 0 Å². The molecule has 1 aliphatic heterocycles. The van der Waals surface area contributed by atoms with Crippen LogP contribution < -0.4 is 0 Å². The first-order chi connectivity index (χ1) is 12.9. The van der Waals surface area contributed by atoms with Crippen LogP contribution in [0.2, 0.25) is 20.1 Å². The Hall–Kier alpha value is -0.850. The quantitative estimate of drug-likeness (QED) is 0.569. The molecule has 0 aliphatic carbocycles. The number of rotatable bonds is 7. The topological polar surface area (TPSA) is 44.8 Å². The number of carbonyl (C=O) groups is 1. The number of Topliss-reactive ketones (excluding diaryl/α,β-unsaturated/α-hetero) is 1. The van der Waals surface area contributed by atoms with E-state index in [0.29, 0.717) is 20.1 Å². The Morgan fingerprint density at radius 2 is 1.52 bits per heavy atom. The maximum absolute atomic E-state index is 12.1. The molecule has 0 bridgehead atoms. The van der Waals surface area contributed by atoms with Crippen LogP contribution in [0.1, 0.15) is 11.1 Å². The number of ketones is 1. The van der Waals surface area contributed by atoms with E-state index in [2.05, 4.69) is 0 Å². The zero-order valence-electron chi connectivity index (χ0n) is 14.1. The molecule has 3 rings (SSSR count). The van der Waals surface area contributed by atoms with E-state index >= 15 is 0 Å². The van der Waals surface area contributed by atoms with Gasteiger partial charge >= 0.3 is 0 Å². The summed E-state index contributed by atoms with van der Waals surface area (Å²) in [5.41, 5.74) is 1.55. The average Bonchev–Trinajstić information content (AvgIpc) is 2.96. The summed E-state index contributed by atoms with van der Waals surface area (Å²) < 4.78 is 16.9. The summed E-state index contributed by atoms with van der Waals surface area (Å²) in [6.45, 7) is 0.646. The molecule has 1 saturated heterocycles. The van der Waals surface area contributed by atoms with E-state index in [4.69, 9.17) is 60.6 Å². The Morgan fingerprint density at radius 3 is 2.11 bits per heavy atom. The molecule has 1 heterocycles. The van der Waals surface area contributed by atoms with Crippen LogP contribution in [0, 0.1) is 0 Å². The first kappa shape index (κ1) is 20.9. The lowest BCUT2D eigenvalue weighted by atomic mass is 10.1. The molecule has 1 fully saturated rings. The second kappa shape index (κ2) is 9.57. The Balaban J connectivity index is 1.54. The van der Waals surface area contributed by atoms with Crippen molar-refractivity contribution in [1.82, 2.24) is 0 Å². The van der Waals surface area contributed by atoms with Gasteiger partial charge in [0.1, 0.15) is 18.8 Å². The molecular weight excluding hydrogens is 434 g/mol. The van der Waals surface area contributed by atoms with Crippen LogP contribution in [-0.2, 0) is 32.2 Å². The normalized spacial score (nSPS) is 19.6. The van der Waals surface area contributed by atoms with Gasteiger partial charge in [0.15, 0.2) is 5.78 Å². The van der Waals surface area contributed by atoms with Crippen molar-refractivity contribution in [3.05, 3.63) is 67.6 Å². The second-order valence-corrected chi connectivity index (χ2v) is 7.72. The Kier molecular flexibility index (Phi) is 7.40. The lowest BCUT2D eigenvalue weighted by Gasteiger charge is -2.18. The van der Waals surface area contributed by atoms with Crippen molar-refractivity contribution < 1.29 is 19.0 Å².